The van der Waals surface area contributed by atoms with Crippen molar-refractivity contribution in [2.24, 2.45) is 11.0 Å². The second kappa shape index (κ2) is 5.84. The first-order valence-corrected chi connectivity index (χ1v) is 6.07. The quantitative estimate of drug-likeness (QED) is 0.413. The summed E-state index contributed by atoms with van der Waals surface area (Å²) in [6, 6.07) is 9.07. The molecule has 0 heterocycles. The molecule has 0 saturated carbocycles. The first kappa shape index (κ1) is 14.2. The van der Waals surface area contributed by atoms with Crippen molar-refractivity contribution < 1.29 is 13.2 Å². The number of hydrogen-bond donors (Lipinski definition) is 0. The molecule has 0 fully saturated rings. The highest BCUT2D eigenvalue weighted by atomic mass is 19.4. The third-order valence-corrected chi connectivity index (χ3v) is 2.98. The van der Waals surface area contributed by atoms with Crippen LogP contribution in [0.4, 0.5) is 13.2 Å². The summed E-state index contributed by atoms with van der Waals surface area (Å²) >= 11 is 0. The third kappa shape index (κ3) is 3.90. The predicted octanol–water partition coefficient (Wildman–Crippen LogP) is 5.24. The zero-order valence-electron chi connectivity index (χ0n) is 10.5. The highest BCUT2D eigenvalue weighted by molar-refractivity contribution is 5.75. The van der Waals surface area contributed by atoms with Gasteiger partial charge in [0.25, 0.3) is 0 Å². The molecule has 1 atom stereocenters. The van der Waals surface area contributed by atoms with Gasteiger partial charge in [-0.3, -0.25) is 0 Å². The Labute approximate surface area is 114 Å². The molecule has 0 aliphatic heterocycles. The van der Waals surface area contributed by atoms with Crippen molar-refractivity contribution in [3.8, 4) is 0 Å². The van der Waals surface area contributed by atoms with Gasteiger partial charge in [-0.15, -0.1) is 0 Å². The van der Waals surface area contributed by atoms with Crippen LogP contribution < -0.4 is 0 Å². The molecule has 0 saturated heterocycles. The minimum absolute atomic E-state index is 0.111. The molecule has 0 radical (unpaired) electrons. The summed E-state index contributed by atoms with van der Waals surface area (Å²) in [7, 11) is 0. The number of rotatable bonds is 3. The highest BCUT2D eigenvalue weighted by Gasteiger charge is 2.32. The Bertz CT molecular complexity index is 581. The van der Waals surface area contributed by atoms with Crippen LogP contribution in [-0.2, 0) is 0 Å². The van der Waals surface area contributed by atoms with E-state index in [0.29, 0.717) is 11.3 Å². The molecule has 0 N–H and O–H groups in total. The summed E-state index contributed by atoms with van der Waals surface area (Å²) in [5.41, 5.74) is 10.3. The summed E-state index contributed by atoms with van der Waals surface area (Å²) in [4.78, 5) is 2.67. The summed E-state index contributed by atoms with van der Waals surface area (Å²) in [6.07, 6.45) is -1.80. The van der Waals surface area contributed by atoms with Crippen LogP contribution in [-0.4, -0.2) is 6.18 Å². The predicted molar refractivity (Wildman–Crippen MR) is 70.4 cm³/mol. The fourth-order valence-corrected chi connectivity index (χ4v) is 2.23. The van der Waals surface area contributed by atoms with Gasteiger partial charge in [0.15, 0.2) is 0 Å². The van der Waals surface area contributed by atoms with Gasteiger partial charge in [0.2, 0.25) is 0 Å². The van der Waals surface area contributed by atoms with E-state index in [9.17, 15) is 13.2 Å². The molecule has 104 valence electrons. The molecule has 1 unspecified atom stereocenters. The zero-order valence-corrected chi connectivity index (χ0v) is 10.5. The second-order valence-electron chi connectivity index (χ2n) is 4.60. The number of benzene rings is 1. The van der Waals surface area contributed by atoms with Crippen LogP contribution in [0.1, 0.15) is 18.4 Å². The van der Waals surface area contributed by atoms with E-state index < -0.39 is 18.5 Å². The van der Waals surface area contributed by atoms with Gasteiger partial charge in [-0.25, -0.2) is 0 Å². The Kier molecular flexibility index (Phi) is 4.15. The van der Waals surface area contributed by atoms with Crippen molar-refractivity contribution in [1.29, 1.82) is 0 Å². The molecule has 1 aliphatic carbocycles. The Balaban J connectivity index is 2.33. The van der Waals surface area contributed by atoms with E-state index in [2.05, 4.69) is 10.0 Å². The van der Waals surface area contributed by atoms with E-state index in [0.717, 1.165) is 5.56 Å². The maximum Gasteiger partial charge on any atom is 0.389 e. The van der Waals surface area contributed by atoms with Crippen molar-refractivity contribution >= 4 is 5.57 Å². The Morgan fingerprint density at radius 3 is 2.55 bits per heavy atom. The number of nitrogens with zero attached hydrogens (tertiary/aromatic N) is 3. The standard InChI is InChI=1S/C14H12F3N3/c15-14(16,17)9-10-6-12(8-13(7-10)19-20-18)11-4-2-1-3-5-11/h1-6,8,10H,7,9H2. The van der Waals surface area contributed by atoms with Crippen LogP contribution in [0.3, 0.4) is 0 Å². The first-order valence-electron chi connectivity index (χ1n) is 6.07. The molecule has 1 aromatic carbocycles. The fourth-order valence-electron chi connectivity index (χ4n) is 2.23. The van der Waals surface area contributed by atoms with Crippen molar-refractivity contribution in [1.82, 2.24) is 0 Å². The smallest absolute Gasteiger partial charge is 0.171 e. The van der Waals surface area contributed by atoms with E-state index in [4.69, 9.17) is 5.53 Å². The lowest BCUT2D eigenvalue weighted by Gasteiger charge is -2.21. The van der Waals surface area contributed by atoms with E-state index >= 15 is 0 Å². The summed E-state index contributed by atoms with van der Waals surface area (Å²) < 4.78 is 37.6. The minimum Gasteiger partial charge on any atom is -0.171 e. The zero-order chi connectivity index (χ0) is 14.6. The maximum absolute atomic E-state index is 12.5. The lowest BCUT2D eigenvalue weighted by Crippen LogP contribution is -2.16. The van der Waals surface area contributed by atoms with Gasteiger partial charge >= 0.3 is 6.18 Å². The van der Waals surface area contributed by atoms with Crippen LogP contribution in [0.5, 0.6) is 0 Å². The molecule has 0 spiro atoms. The lowest BCUT2D eigenvalue weighted by molar-refractivity contribution is -0.141. The van der Waals surface area contributed by atoms with Gasteiger partial charge in [0.05, 0.1) is 6.42 Å². The first-order chi connectivity index (χ1) is 9.48. The van der Waals surface area contributed by atoms with E-state index in [-0.39, 0.29) is 6.42 Å². The number of azide groups is 1. The highest BCUT2D eigenvalue weighted by Crippen LogP contribution is 2.35. The normalized spacial score (nSPS) is 18.9. The molecule has 20 heavy (non-hydrogen) atoms. The number of allylic oxidation sites excluding steroid dienone is 4. The number of alkyl halides is 3. The van der Waals surface area contributed by atoms with Crippen LogP contribution >= 0.6 is 0 Å². The van der Waals surface area contributed by atoms with Gasteiger partial charge in [-0.1, -0.05) is 41.5 Å². The minimum atomic E-state index is -4.23. The van der Waals surface area contributed by atoms with Crippen molar-refractivity contribution in [2.75, 3.05) is 0 Å². The van der Waals surface area contributed by atoms with Crippen LogP contribution in [0.25, 0.3) is 16.0 Å². The number of hydrogen-bond acceptors (Lipinski definition) is 1. The molecule has 0 bridgehead atoms. The Morgan fingerprint density at radius 2 is 1.95 bits per heavy atom. The van der Waals surface area contributed by atoms with Crippen LogP contribution in [0.15, 0.2) is 53.3 Å². The van der Waals surface area contributed by atoms with Gasteiger partial charge in [0.1, 0.15) is 0 Å². The molecule has 6 heteroatoms. The summed E-state index contributed by atoms with van der Waals surface area (Å²) in [5.74, 6) is -0.698. The molecule has 0 amide bonds. The van der Waals surface area contributed by atoms with Gasteiger partial charge in [-0.05, 0) is 35.1 Å². The van der Waals surface area contributed by atoms with Crippen molar-refractivity contribution in [3.63, 3.8) is 0 Å². The SMILES string of the molecule is [N-]=[N+]=NC1=CC(c2ccccc2)=CC(CC(F)(F)F)C1. The molecule has 3 nitrogen and oxygen atoms in total. The van der Waals surface area contributed by atoms with Crippen molar-refractivity contribution in [2.45, 2.75) is 19.0 Å². The second-order valence-corrected chi connectivity index (χ2v) is 4.60. The largest absolute Gasteiger partial charge is 0.389 e. The van der Waals surface area contributed by atoms with Crippen molar-refractivity contribution in [3.05, 3.63) is 64.2 Å². The monoisotopic (exact) mass is 279 g/mol. The van der Waals surface area contributed by atoms with Gasteiger partial charge in [0, 0.05) is 10.6 Å². The molecule has 1 aliphatic rings. The Hall–Kier alpha value is -2.20. The Morgan fingerprint density at radius 1 is 1.25 bits per heavy atom. The van der Waals surface area contributed by atoms with Gasteiger partial charge < -0.3 is 0 Å². The molecular weight excluding hydrogens is 267 g/mol. The van der Waals surface area contributed by atoms with Crippen LogP contribution in [0.2, 0.25) is 0 Å². The van der Waals surface area contributed by atoms with Gasteiger partial charge in [-0.2, -0.15) is 13.2 Å². The van der Waals surface area contributed by atoms with E-state index in [1.807, 2.05) is 30.3 Å². The topological polar surface area (TPSA) is 48.8 Å². The summed E-state index contributed by atoms with van der Waals surface area (Å²) in [6.45, 7) is 0. The van der Waals surface area contributed by atoms with Crippen LogP contribution in [0, 0.1) is 5.92 Å². The molecular formula is C14H12F3N3. The summed E-state index contributed by atoms with van der Waals surface area (Å²) in [5, 5.41) is 3.47. The lowest BCUT2D eigenvalue weighted by atomic mass is 9.88. The molecule has 0 aromatic heterocycles. The number of halogens is 3. The third-order valence-electron chi connectivity index (χ3n) is 2.98. The average molecular weight is 279 g/mol. The average Bonchev–Trinajstić information content (AvgIpc) is 2.38. The molecule has 1 aromatic rings. The molecule has 2 rings (SSSR count). The fraction of sp³-hybridized carbons (Fsp3) is 0.286. The van der Waals surface area contributed by atoms with E-state index in [1.54, 1.807) is 12.2 Å². The van der Waals surface area contributed by atoms with E-state index in [1.165, 1.54) is 0 Å². The maximum atomic E-state index is 12.5.